The SMILES string of the molecule is Cc1cc(Oc2nc3ccc(N)cc3s2)cc(C)c1Br. The van der Waals surface area contributed by atoms with Gasteiger partial charge in [-0.25, -0.2) is 4.98 Å². The molecule has 0 fully saturated rings. The Hall–Kier alpha value is -1.59. The van der Waals surface area contributed by atoms with Gasteiger partial charge in [0.25, 0.3) is 5.19 Å². The predicted octanol–water partition coefficient (Wildman–Crippen LogP) is 5.05. The van der Waals surface area contributed by atoms with Crippen molar-refractivity contribution < 1.29 is 4.74 Å². The van der Waals surface area contributed by atoms with E-state index >= 15 is 0 Å². The molecule has 102 valence electrons. The van der Waals surface area contributed by atoms with E-state index in [0.717, 1.165) is 37.3 Å². The average Bonchev–Trinajstić information content (AvgIpc) is 2.77. The molecule has 0 atom stereocenters. The average molecular weight is 349 g/mol. The van der Waals surface area contributed by atoms with Crippen LogP contribution in [0.3, 0.4) is 0 Å². The van der Waals surface area contributed by atoms with Crippen molar-refractivity contribution in [2.45, 2.75) is 13.8 Å². The first kappa shape index (κ1) is 13.4. The standard InChI is InChI=1S/C15H13BrN2OS/c1-8-5-11(6-9(2)14(8)16)19-15-18-12-4-3-10(17)7-13(12)20-15/h3-7H,17H2,1-2H3. The van der Waals surface area contributed by atoms with E-state index in [0.29, 0.717) is 5.19 Å². The van der Waals surface area contributed by atoms with Gasteiger partial charge in [-0.3, -0.25) is 0 Å². The first-order chi connectivity index (χ1) is 9.52. The molecule has 0 unspecified atom stereocenters. The lowest BCUT2D eigenvalue weighted by Gasteiger charge is -2.07. The van der Waals surface area contributed by atoms with Gasteiger partial charge in [-0.2, -0.15) is 0 Å². The number of aromatic nitrogens is 1. The lowest BCUT2D eigenvalue weighted by molar-refractivity contribution is 0.479. The Labute approximate surface area is 129 Å². The highest BCUT2D eigenvalue weighted by molar-refractivity contribution is 9.10. The van der Waals surface area contributed by atoms with Crippen LogP contribution >= 0.6 is 27.3 Å². The second-order valence-corrected chi connectivity index (χ2v) is 6.47. The number of nitrogens with zero attached hydrogens (tertiary/aromatic N) is 1. The summed E-state index contributed by atoms with van der Waals surface area (Å²) in [7, 11) is 0. The van der Waals surface area contributed by atoms with Gasteiger partial charge in [-0.05, 0) is 55.3 Å². The summed E-state index contributed by atoms with van der Waals surface area (Å²) in [5.41, 5.74) is 9.71. The lowest BCUT2D eigenvalue weighted by Crippen LogP contribution is -1.87. The Bertz CT molecular complexity index is 775. The Balaban J connectivity index is 1.96. The number of nitrogen functional groups attached to an aromatic ring is 1. The zero-order valence-electron chi connectivity index (χ0n) is 11.1. The van der Waals surface area contributed by atoms with E-state index in [2.05, 4.69) is 20.9 Å². The van der Waals surface area contributed by atoms with Crippen LogP contribution in [0.25, 0.3) is 10.2 Å². The summed E-state index contributed by atoms with van der Waals surface area (Å²) in [6, 6.07) is 9.67. The van der Waals surface area contributed by atoms with Crippen molar-refractivity contribution in [2.24, 2.45) is 0 Å². The van der Waals surface area contributed by atoms with E-state index in [1.165, 1.54) is 11.3 Å². The highest BCUT2D eigenvalue weighted by Gasteiger charge is 2.08. The first-order valence-corrected chi connectivity index (χ1v) is 7.74. The minimum Gasteiger partial charge on any atom is -0.431 e. The minimum atomic E-state index is 0.631. The van der Waals surface area contributed by atoms with Crippen molar-refractivity contribution in [1.29, 1.82) is 0 Å². The molecule has 20 heavy (non-hydrogen) atoms. The number of nitrogens with two attached hydrogens (primary N) is 1. The largest absolute Gasteiger partial charge is 0.431 e. The normalized spacial score (nSPS) is 10.9. The van der Waals surface area contributed by atoms with Gasteiger partial charge in [0.1, 0.15) is 5.75 Å². The molecular formula is C15H13BrN2OS. The van der Waals surface area contributed by atoms with E-state index < -0.39 is 0 Å². The Morgan fingerprint density at radius 1 is 1.15 bits per heavy atom. The van der Waals surface area contributed by atoms with Crippen LogP contribution in [0.15, 0.2) is 34.8 Å². The summed E-state index contributed by atoms with van der Waals surface area (Å²) in [6.07, 6.45) is 0. The van der Waals surface area contributed by atoms with Crippen molar-refractivity contribution in [1.82, 2.24) is 4.98 Å². The molecule has 0 radical (unpaired) electrons. The number of benzene rings is 2. The molecular weight excluding hydrogens is 336 g/mol. The molecule has 2 N–H and O–H groups in total. The van der Waals surface area contributed by atoms with Gasteiger partial charge in [0.05, 0.1) is 10.2 Å². The van der Waals surface area contributed by atoms with E-state index in [-0.39, 0.29) is 0 Å². The highest BCUT2D eigenvalue weighted by Crippen LogP contribution is 2.34. The number of halogens is 1. The summed E-state index contributed by atoms with van der Waals surface area (Å²) >= 11 is 5.05. The summed E-state index contributed by atoms with van der Waals surface area (Å²) in [6.45, 7) is 4.09. The zero-order valence-corrected chi connectivity index (χ0v) is 13.5. The Kier molecular flexibility index (Phi) is 3.40. The maximum absolute atomic E-state index is 5.87. The predicted molar refractivity (Wildman–Crippen MR) is 87.7 cm³/mol. The maximum atomic E-state index is 5.87. The molecule has 1 aromatic heterocycles. The number of ether oxygens (including phenoxy) is 1. The number of anilines is 1. The van der Waals surface area contributed by atoms with Crippen LogP contribution in [0.4, 0.5) is 5.69 Å². The lowest BCUT2D eigenvalue weighted by atomic mass is 10.1. The van der Waals surface area contributed by atoms with Gasteiger partial charge in [-0.15, -0.1) is 0 Å². The summed E-state index contributed by atoms with van der Waals surface area (Å²) in [5.74, 6) is 0.801. The fourth-order valence-corrected chi connectivity index (χ4v) is 3.14. The molecule has 1 heterocycles. The molecule has 2 aromatic carbocycles. The van der Waals surface area contributed by atoms with Gasteiger partial charge in [0.2, 0.25) is 0 Å². The zero-order chi connectivity index (χ0) is 14.3. The topological polar surface area (TPSA) is 48.1 Å². The van der Waals surface area contributed by atoms with Gasteiger partial charge in [-0.1, -0.05) is 27.3 Å². The van der Waals surface area contributed by atoms with Crippen molar-refractivity contribution in [2.75, 3.05) is 5.73 Å². The van der Waals surface area contributed by atoms with Crippen LogP contribution in [0.5, 0.6) is 10.9 Å². The molecule has 0 bridgehead atoms. The Morgan fingerprint density at radius 3 is 2.55 bits per heavy atom. The number of hydrogen-bond donors (Lipinski definition) is 1. The molecule has 3 rings (SSSR count). The summed E-state index contributed by atoms with van der Waals surface area (Å²) < 4.78 is 8.01. The van der Waals surface area contributed by atoms with Crippen LogP contribution in [-0.2, 0) is 0 Å². The third kappa shape index (κ3) is 2.51. The van der Waals surface area contributed by atoms with Crippen LogP contribution in [0, 0.1) is 13.8 Å². The molecule has 0 amide bonds. The molecule has 0 saturated carbocycles. The third-order valence-electron chi connectivity index (χ3n) is 3.01. The number of aryl methyl sites for hydroxylation is 2. The fraction of sp³-hybridized carbons (Fsp3) is 0.133. The molecule has 0 aliphatic rings. The second kappa shape index (κ2) is 5.07. The minimum absolute atomic E-state index is 0.631. The van der Waals surface area contributed by atoms with E-state index in [1.54, 1.807) is 0 Å². The molecule has 0 saturated heterocycles. The van der Waals surface area contributed by atoms with Gasteiger partial charge in [0, 0.05) is 10.2 Å². The number of thiazole rings is 1. The van der Waals surface area contributed by atoms with Crippen molar-refractivity contribution >= 4 is 43.2 Å². The fourth-order valence-electron chi connectivity index (χ4n) is 2.03. The van der Waals surface area contributed by atoms with Crippen LogP contribution in [0.2, 0.25) is 0 Å². The first-order valence-electron chi connectivity index (χ1n) is 6.13. The van der Waals surface area contributed by atoms with Gasteiger partial charge in [0.15, 0.2) is 0 Å². The van der Waals surface area contributed by atoms with Crippen molar-refractivity contribution in [3.05, 3.63) is 45.9 Å². The summed E-state index contributed by atoms with van der Waals surface area (Å²) in [5, 5.41) is 0.631. The third-order valence-corrected chi connectivity index (χ3v) is 5.15. The van der Waals surface area contributed by atoms with Gasteiger partial charge < -0.3 is 10.5 Å². The molecule has 5 heteroatoms. The number of fused-ring (bicyclic) bond motifs is 1. The van der Waals surface area contributed by atoms with E-state index in [4.69, 9.17) is 10.5 Å². The smallest absolute Gasteiger partial charge is 0.279 e. The Morgan fingerprint density at radius 2 is 1.85 bits per heavy atom. The quantitative estimate of drug-likeness (QED) is 0.659. The van der Waals surface area contributed by atoms with E-state index in [1.807, 2.05) is 44.2 Å². The van der Waals surface area contributed by atoms with Crippen LogP contribution in [-0.4, -0.2) is 4.98 Å². The molecule has 0 aliphatic heterocycles. The number of hydrogen-bond acceptors (Lipinski definition) is 4. The van der Waals surface area contributed by atoms with Crippen LogP contribution in [0.1, 0.15) is 11.1 Å². The maximum Gasteiger partial charge on any atom is 0.279 e. The molecule has 0 aliphatic carbocycles. The monoisotopic (exact) mass is 348 g/mol. The summed E-state index contributed by atoms with van der Waals surface area (Å²) in [4.78, 5) is 4.46. The second-order valence-electron chi connectivity index (χ2n) is 4.68. The van der Waals surface area contributed by atoms with Crippen molar-refractivity contribution in [3.8, 4) is 10.9 Å². The van der Waals surface area contributed by atoms with Crippen LogP contribution < -0.4 is 10.5 Å². The van der Waals surface area contributed by atoms with Crippen molar-refractivity contribution in [3.63, 3.8) is 0 Å². The molecule has 3 nitrogen and oxygen atoms in total. The number of rotatable bonds is 2. The molecule has 0 spiro atoms. The molecule has 3 aromatic rings. The highest BCUT2D eigenvalue weighted by atomic mass is 79.9. The van der Waals surface area contributed by atoms with E-state index in [9.17, 15) is 0 Å². The van der Waals surface area contributed by atoms with Gasteiger partial charge >= 0.3 is 0 Å².